The van der Waals surface area contributed by atoms with Gasteiger partial charge in [0.1, 0.15) is 11.9 Å². The van der Waals surface area contributed by atoms with Crippen LogP contribution in [0.3, 0.4) is 0 Å². The molecule has 0 bridgehead atoms. The van der Waals surface area contributed by atoms with Crippen LogP contribution in [0.15, 0.2) is 48.5 Å². The summed E-state index contributed by atoms with van der Waals surface area (Å²) < 4.78 is 13.2. The summed E-state index contributed by atoms with van der Waals surface area (Å²) in [6, 6.07) is 12.0. The van der Waals surface area contributed by atoms with Gasteiger partial charge in [-0.3, -0.25) is 9.59 Å². The van der Waals surface area contributed by atoms with E-state index in [9.17, 15) is 19.1 Å². The van der Waals surface area contributed by atoms with Crippen molar-refractivity contribution >= 4 is 11.8 Å². The molecule has 2 aromatic rings. The number of benzene rings is 2. The standard InChI is InChI=1S/C22H25FN2O3/c23-17-11-9-16(10-12-17)20(21(24)27)25-22(28)19-4-2-1-3-18(19)15-7-5-14(13-26)6-8-15/h5-12,18-20,26H,1-4,13H2,(H2,24,27)(H,25,28)/t18-,19+,20-/m0/s1. The number of carbonyl (C=O) groups excluding carboxylic acids is 2. The second-order valence-electron chi connectivity index (χ2n) is 7.29. The van der Waals surface area contributed by atoms with Crippen LogP contribution >= 0.6 is 0 Å². The second-order valence-corrected chi connectivity index (χ2v) is 7.29. The van der Waals surface area contributed by atoms with Crippen LogP contribution in [-0.2, 0) is 16.2 Å². The molecule has 148 valence electrons. The molecule has 0 unspecified atom stereocenters. The quantitative estimate of drug-likeness (QED) is 0.715. The highest BCUT2D eigenvalue weighted by Crippen LogP contribution is 2.38. The van der Waals surface area contributed by atoms with Gasteiger partial charge in [0.05, 0.1) is 6.61 Å². The average Bonchev–Trinajstić information content (AvgIpc) is 2.72. The molecule has 0 saturated heterocycles. The molecule has 1 aliphatic carbocycles. The number of nitrogens with two attached hydrogens (primary N) is 1. The number of hydrogen-bond acceptors (Lipinski definition) is 3. The lowest BCUT2D eigenvalue weighted by molar-refractivity contribution is -0.131. The molecule has 0 aromatic heterocycles. The number of hydrogen-bond donors (Lipinski definition) is 3. The van der Waals surface area contributed by atoms with Crippen molar-refractivity contribution in [3.05, 3.63) is 71.0 Å². The van der Waals surface area contributed by atoms with E-state index >= 15 is 0 Å². The van der Waals surface area contributed by atoms with Crippen molar-refractivity contribution in [3.8, 4) is 0 Å². The first kappa shape index (κ1) is 20.0. The van der Waals surface area contributed by atoms with Crippen LogP contribution in [0.25, 0.3) is 0 Å². The van der Waals surface area contributed by atoms with Gasteiger partial charge in [0, 0.05) is 5.92 Å². The Morgan fingerprint density at radius 2 is 1.71 bits per heavy atom. The van der Waals surface area contributed by atoms with Crippen molar-refractivity contribution in [2.45, 2.75) is 44.2 Å². The smallest absolute Gasteiger partial charge is 0.244 e. The van der Waals surface area contributed by atoms with Crippen LogP contribution in [0.1, 0.15) is 54.3 Å². The van der Waals surface area contributed by atoms with Crippen molar-refractivity contribution in [3.63, 3.8) is 0 Å². The summed E-state index contributed by atoms with van der Waals surface area (Å²) in [4.78, 5) is 24.9. The third-order valence-corrected chi connectivity index (χ3v) is 5.47. The van der Waals surface area contributed by atoms with Crippen LogP contribution in [0.5, 0.6) is 0 Å². The van der Waals surface area contributed by atoms with Crippen LogP contribution in [0.2, 0.25) is 0 Å². The van der Waals surface area contributed by atoms with Gasteiger partial charge >= 0.3 is 0 Å². The Bertz CT molecular complexity index is 821. The van der Waals surface area contributed by atoms with Gasteiger partial charge in [-0.05, 0) is 47.6 Å². The number of carbonyl (C=O) groups is 2. The van der Waals surface area contributed by atoms with Crippen LogP contribution < -0.4 is 11.1 Å². The van der Waals surface area contributed by atoms with Crippen molar-refractivity contribution in [1.29, 1.82) is 0 Å². The Kier molecular flexibility index (Phi) is 6.41. The maximum atomic E-state index is 13.2. The van der Waals surface area contributed by atoms with Gasteiger partial charge in [-0.25, -0.2) is 4.39 Å². The minimum atomic E-state index is -0.993. The summed E-state index contributed by atoms with van der Waals surface area (Å²) in [5.74, 6) is -1.54. The number of amides is 2. The second kappa shape index (κ2) is 8.97. The van der Waals surface area contributed by atoms with E-state index in [1.54, 1.807) is 0 Å². The lowest BCUT2D eigenvalue weighted by Gasteiger charge is -2.32. The van der Waals surface area contributed by atoms with Crippen LogP contribution in [-0.4, -0.2) is 16.9 Å². The molecule has 1 saturated carbocycles. The zero-order chi connectivity index (χ0) is 20.1. The molecule has 3 atom stereocenters. The Morgan fingerprint density at radius 3 is 2.32 bits per heavy atom. The number of aliphatic hydroxyl groups excluding tert-OH is 1. The Balaban J connectivity index is 1.79. The maximum Gasteiger partial charge on any atom is 0.244 e. The molecular formula is C22H25FN2O3. The minimum absolute atomic E-state index is 0.0210. The number of nitrogens with one attached hydrogen (secondary N) is 1. The fourth-order valence-electron chi connectivity index (χ4n) is 3.94. The van der Waals surface area contributed by atoms with Crippen molar-refractivity contribution in [2.24, 2.45) is 11.7 Å². The van der Waals surface area contributed by atoms with E-state index in [1.165, 1.54) is 24.3 Å². The maximum absolute atomic E-state index is 13.2. The molecule has 3 rings (SSSR count). The van der Waals surface area contributed by atoms with Gasteiger partial charge in [-0.15, -0.1) is 0 Å². The van der Waals surface area contributed by atoms with E-state index in [2.05, 4.69) is 5.32 Å². The topological polar surface area (TPSA) is 92.4 Å². The van der Waals surface area contributed by atoms with Gasteiger partial charge in [-0.2, -0.15) is 0 Å². The van der Waals surface area contributed by atoms with Crippen LogP contribution in [0.4, 0.5) is 4.39 Å². The van der Waals surface area contributed by atoms with Crippen molar-refractivity contribution < 1.29 is 19.1 Å². The largest absolute Gasteiger partial charge is 0.392 e. The van der Waals surface area contributed by atoms with Gasteiger partial charge in [0.15, 0.2) is 0 Å². The summed E-state index contributed by atoms with van der Waals surface area (Å²) in [7, 11) is 0. The Morgan fingerprint density at radius 1 is 1.07 bits per heavy atom. The number of aliphatic hydroxyl groups is 1. The van der Waals surface area contributed by atoms with E-state index in [0.29, 0.717) is 5.56 Å². The van der Waals surface area contributed by atoms with Gasteiger partial charge in [0.25, 0.3) is 0 Å². The predicted octanol–water partition coefficient (Wildman–Crippen LogP) is 2.93. The number of rotatable bonds is 6. The molecule has 0 radical (unpaired) electrons. The summed E-state index contributed by atoms with van der Waals surface area (Å²) in [5.41, 5.74) is 7.83. The van der Waals surface area contributed by atoms with Gasteiger partial charge < -0.3 is 16.2 Å². The highest BCUT2D eigenvalue weighted by molar-refractivity contribution is 5.89. The average molecular weight is 384 g/mol. The third-order valence-electron chi connectivity index (χ3n) is 5.47. The van der Waals surface area contributed by atoms with Crippen LogP contribution in [0, 0.1) is 11.7 Å². The van der Waals surface area contributed by atoms with Crippen molar-refractivity contribution in [1.82, 2.24) is 5.32 Å². The highest BCUT2D eigenvalue weighted by atomic mass is 19.1. The van der Waals surface area contributed by atoms with Crippen molar-refractivity contribution in [2.75, 3.05) is 0 Å². The van der Waals surface area contributed by atoms with Gasteiger partial charge in [0.2, 0.25) is 11.8 Å². The molecule has 28 heavy (non-hydrogen) atoms. The molecular weight excluding hydrogens is 359 g/mol. The minimum Gasteiger partial charge on any atom is -0.392 e. The molecule has 0 aliphatic heterocycles. The summed E-state index contributed by atoms with van der Waals surface area (Å²) in [5, 5.41) is 12.0. The highest BCUT2D eigenvalue weighted by Gasteiger charge is 2.34. The molecule has 1 aliphatic rings. The Hall–Kier alpha value is -2.73. The third kappa shape index (κ3) is 4.57. The Labute approximate surface area is 163 Å². The SMILES string of the molecule is NC(=O)[C@@H](NC(=O)[C@@H]1CCCC[C@H]1c1ccc(CO)cc1)c1ccc(F)cc1. The fourth-order valence-corrected chi connectivity index (χ4v) is 3.94. The first-order valence-electron chi connectivity index (χ1n) is 9.54. The zero-order valence-corrected chi connectivity index (χ0v) is 15.6. The summed E-state index contributed by atoms with van der Waals surface area (Å²) in [6.07, 6.45) is 3.59. The molecule has 0 heterocycles. The van der Waals surface area contributed by atoms with E-state index in [0.717, 1.165) is 36.8 Å². The normalized spacial score (nSPS) is 20.4. The first-order chi connectivity index (χ1) is 13.5. The number of primary amides is 1. The summed E-state index contributed by atoms with van der Waals surface area (Å²) >= 11 is 0. The molecule has 6 heteroatoms. The summed E-state index contributed by atoms with van der Waals surface area (Å²) in [6.45, 7) is -0.0210. The molecule has 1 fully saturated rings. The first-order valence-corrected chi connectivity index (χ1v) is 9.54. The monoisotopic (exact) mass is 384 g/mol. The van der Waals surface area contributed by atoms with E-state index < -0.39 is 17.8 Å². The molecule has 5 nitrogen and oxygen atoms in total. The number of halogens is 1. The fraction of sp³-hybridized carbons (Fsp3) is 0.364. The van der Waals surface area contributed by atoms with Gasteiger partial charge in [-0.1, -0.05) is 49.2 Å². The molecule has 0 spiro atoms. The van der Waals surface area contributed by atoms with E-state index in [1.807, 2.05) is 24.3 Å². The molecule has 2 aromatic carbocycles. The lowest BCUT2D eigenvalue weighted by atomic mass is 9.74. The zero-order valence-electron chi connectivity index (χ0n) is 15.6. The molecule has 4 N–H and O–H groups in total. The van der Waals surface area contributed by atoms with E-state index in [-0.39, 0.29) is 24.3 Å². The predicted molar refractivity (Wildman–Crippen MR) is 104 cm³/mol. The van der Waals surface area contributed by atoms with E-state index in [4.69, 9.17) is 5.73 Å². The lowest BCUT2D eigenvalue weighted by Crippen LogP contribution is -2.42. The molecule has 2 amide bonds.